The lowest BCUT2D eigenvalue weighted by Crippen LogP contribution is -2.17. The van der Waals surface area contributed by atoms with E-state index >= 15 is 0 Å². The molecule has 0 atom stereocenters. The Labute approximate surface area is 119 Å². The van der Waals surface area contributed by atoms with Crippen LogP contribution in [0.2, 0.25) is 5.15 Å². The molecular weight excluding hydrogens is 258 g/mol. The monoisotopic (exact) mass is 275 g/mol. The Morgan fingerprint density at radius 2 is 1.74 bits per heavy atom. The number of hydrogen-bond acceptors (Lipinski definition) is 3. The summed E-state index contributed by atoms with van der Waals surface area (Å²) in [7, 11) is 0. The standard InChI is InChI=1S/C15H18ClN3/c1-9-6-7-11(8-17-9)12-10(2)13(16)19-14(18-12)15(3,4)5/h6-8H,1-5H3. The topological polar surface area (TPSA) is 38.7 Å². The summed E-state index contributed by atoms with van der Waals surface area (Å²) in [5.41, 5.74) is 3.57. The number of hydrogen-bond donors (Lipinski definition) is 0. The molecule has 4 heteroatoms. The molecule has 0 aliphatic rings. The summed E-state index contributed by atoms with van der Waals surface area (Å²) in [5.74, 6) is 0.749. The Kier molecular flexibility index (Phi) is 3.59. The lowest BCUT2D eigenvalue weighted by molar-refractivity contribution is 0.545. The molecule has 0 N–H and O–H groups in total. The van der Waals surface area contributed by atoms with E-state index in [1.54, 1.807) is 0 Å². The molecular formula is C15H18ClN3. The quantitative estimate of drug-likeness (QED) is 0.735. The van der Waals surface area contributed by atoms with Crippen molar-refractivity contribution in [3.63, 3.8) is 0 Å². The summed E-state index contributed by atoms with van der Waals surface area (Å²) in [5, 5.41) is 0.510. The zero-order chi connectivity index (χ0) is 14.2. The summed E-state index contributed by atoms with van der Waals surface area (Å²) in [6.07, 6.45) is 1.83. The van der Waals surface area contributed by atoms with Crippen molar-refractivity contribution in [3.05, 3.63) is 40.6 Å². The van der Waals surface area contributed by atoms with E-state index < -0.39 is 0 Å². The van der Waals surface area contributed by atoms with Crippen LogP contribution in [0, 0.1) is 13.8 Å². The molecule has 3 nitrogen and oxygen atoms in total. The second kappa shape index (κ2) is 4.89. The van der Waals surface area contributed by atoms with Crippen LogP contribution >= 0.6 is 11.6 Å². The van der Waals surface area contributed by atoms with E-state index in [1.165, 1.54) is 0 Å². The zero-order valence-corrected chi connectivity index (χ0v) is 12.7. The summed E-state index contributed by atoms with van der Waals surface area (Å²) in [6, 6.07) is 3.99. The predicted octanol–water partition coefficient (Wildman–Crippen LogP) is 4.11. The maximum absolute atomic E-state index is 6.23. The number of aryl methyl sites for hydroxylation is 1. The second-order valence-corrected chi connectivity index (χ2v) is 6.11. The fraction of sp³-hybridized carbons (Fsp3) is 0.400. The Balaban J connectivity index is 2.62. The first-order chi connectivity index (χ1) is 8.79. The summed E-state index contributed by atoms with van der Waals surface area (Å²) in [4.78, 5) is 13.4. The SMILES string of the molecule is Cc1ccc(-c2nc(C(C)(C)C)nc(Cl)c2C)cn1. The maximum Gasteiger partial charge on any atom is 0.136 e. The lowest BCUT2D eigenvalue weighted by Gasteiger charge is -2.19. The van der Waals surface area contributed by atoms with Gasteiger partial charge in [-0.15, -0.1) is 0 Å². The van der Waals surface area contributed by atoms with Gasteiger partial charge in [0.25, 0.3) is 0 Å². The molecule has 0 bridgehead atoms. The first kappa shape index (κ1) is 13.9. The van der Waals surface area contributed by atoms with E-state index in [9.17, 15) is 0 Å². The second-order valence-electron chi connectivity index (χ2n) is 5.75. The minimum absolute atomic E-state index is 0.135. The van der Waals surface area contributed by atoms with E-state index in [-0.39, 0.29) is 5.41 Å². The van der Waals surface area contributed by atoms with Crippen LogP contribution in [-0.2, 0) is 5.41 Å². The number of aromatic nitrogens is 3. The van der Waals surface area contributed by atoms with Crippen LogP contribution in [0.25, 0.3) is 11.3 Å². The normalized spacial score (nSPS) is 11.7. The van der Waals surface area contributed by atoms with Crippen molar-refractivity contribution in [2.45, 2.75) is 40.0 Å². The Hall–Kier alpha value is -1.48. The molecule has 0 saturated heterocycles. The average molecular weight is 276 g/mol. The first-order valence-electron chi connectivity index (χ1n) is 6.26. The first-order valence-corrected chi connectivity index (χ1v) is 6.64. The van der Waals surface area contributed by atoms with Crippen LogP contribution in [0.3, 0.4) is 0 Å². The van der Waals surface area contributed by atoms with E-state index in [0.717, 1.165) is 28.3 Å². The van der Waals surface area contributed by atoms with Crippen molar-refractivity contribution in [1.29, 1.82) is 0 Å². The fourth-order valence-corrected chi connectivity index (χ4v) is 1.88. The van der Waals surface area contributed by atoms with E-state index in [1.807, 2.05) is 32.2 Å². The van der Waals surface area contributed by atoms with Crippen molar-refractivity contribution < 1.29 is 0 Å². The van der Waals surface area contributed by atoms with Gasteiger partial charge in [-0.25, -0.2) is 9.97 Å². The van der Waals surface area contributed by atoms with Gasteiger partial charge in [-0.3, -0.25) is 4.98 Å². The number of rotatable bonds is 1. The van der Waals surface area contributed by atoms with Crippen molar-refractivity contribution in [2.75, 3.05) is 0 Å². The molecule has 0 saturated carbocycles. The van der Waals surface area contributed by atoms with Crippen LogP contribution < -0.4 is 0 Å². The van der Waals surface area contributed by atoms with Gasteiger partial charge in [-0.05, 0) is 26.0 Å². The molecule has 0 unspecified atom stereocenters. The predicted molar refractivity (Wildman–Crippen MR) is 78.4 cm³/mol. The van der Waals surface area contributed by atoms with Gasteiger partial charge in [-0.2, -0.15) is 0 Å². The summed E-state index contributed by atoms with van der Waals surface area (Å²) >= 11 is 6.23. The van der Waals surface area contributed by atoms with Crippen LogP contribution in [0.5, 0.6) is 0 Å². The number of pyridine rings is 1. The molecule has 0 aliphatic heterocycles. The van der Waals surface area contributed by atoms with Crippen LogP contribution in [0.4, 0.5) is 0 Å². The van der Waals surface area contributed by atoms with E-state index in [0.29, 0.717) is 5.15 Å². The van der Waals surface area contributed by atoms with Gasteiger partial charge in [0, 0.05) is 28.4 Å². The van der Waals surface area contributed by atoms with E-state index in [2.05, 4.69) is 35.7 Å². The third-order valence-electron chi connectivity index (χ3n) is 2.94. The minimum atomic E-state index is -0.135. The third-order valence-corrected chi connectivity index (χ3v) is 3.31. The molecule has 2 aromatic heterocycles. The van der Waals surface area contributed by atoms with Gasteiger partial charge in [0.05, 0.1) is 5.69 Å². The van der Waals surface area contributed by atoms with Gasteiger partial charge in [-0.1, -0.05) is 32.4 Å². The molecule has 2 aromatic rings. The smallest absolute Gasteiger partial charge is 0.136 e. The van der Waals surface area contributed by atoms with Crippen LogP contribution in [0.1, 0.15) is 37.9 Å². The molecule has 0 aromatic carbocycles. The maximum atomic E-state index is 6.23. The summed E-state index contributed by atoms with van der Waals surface area (Å²) < 4.78 is 0. The van der Waals surface area contributed by atoms with Crippen molar-refractivity contribution in [1.82, 2.24) is 15.0 Å². The molecule has 19 heavy (non-hydrogen) atoms. The largest absolute Gasteiger partial charge is 0.261 e. The van der Waals surface area contributed by atoms with Gasteiger partial charge in [0.2, 0.25) is 0 Å². The zero-order valence-electron chi connectivity index (χ0n) is 12.0. The average Bonchev–Trinajstić information content (AvgIpc) is 2.32. The molecule has 0 spiro atoms. The van der Waals surface area contributed by atoms with Crippen LogP contribution in [0.15, 0.2) is 18.3 Å². The van der Waals surface area contributed by atoms with Crippen molar-refractivity contribution in [3.8, 4) is 11.3 Å². The Bertz CT molecular complexity index is 598. The van der Waals surface area contributed by atoms with E-state index in [4.69, 9.17) is 11.6 Å². The van der Waals surface area contributed by atoms with Crippen molar-refractivity contribution in [2.24, 2.45) is 0 Å². The minimum Gasteiger partial charge on any atom is -0.261 e. The van der Waals surface area contributed by atoms with Gasteiger partial charge < -0.3 is 0 Å². The third kappa shape index (κ3) is 2.92. The molecule has 2 rings (SSSR count). The molecule has 0 radical (unpaired) electrons. The van der Waals surface area contributed by atoms with Crippen molar-refractivity contribution >= 4 is 11.6 Å². The molecule has 100 valence electrons. The highest BCUT2D eigenvalue weighted by Crippen LogP contribution is 2.29. The summed E-state index contributed by atoms with van der Waals surface area (Å²) in [6.45, 7) is 10.1. The highest BCUT2D eigenvalue weighted by molar-refractivity contribution is 6.30. The number of halogens is 1. The molecule has 0 aliphatic carbocycles. The van der Waals surface area contributed by atoms with Gasteiger partial charge in [0.1, 0.15) is 11.0 Å². The molecule has 0 amide bonds. The highest BCUT2D eigenvalue weighted by Gasteiger charge is 2.21. The Morgan fingerprint density at radius 1 is 1.05 bits per heavy atom. The molecule has 2 heterocycles. The molecule has 0 fully saturated rings. The lowest BCUT2D eigenvalue weighted by atomic mass is 9.95. The number of nitrogens with zero attached hydrogens (tertiary/aromatic N) is 3. The fourth-order valence-electron chi connectivity index (χ4n) is 1.71. The van der Waals surface area contributed by atoms with Gasteiger partial charge >= 0.3 is 0 Å². The Morgan fingerprint density at radius 3 is 2.26 bits per heavy atom. The highest BCUT2D eigenvalue weighted by atomic mass is 35.5. The van der Waals surface area contributed by atoms with Crippen LogP contribution in [-0.4, -0.2) is 15.0 Å². The van der Waals surface area contributed by atoms with Gasteiger partial charge in [0.15, 0.2) is 0 Å².